The van der Waals surface area contributed by atoms with Gasteiger partial charge in [-0.25, -0.2) is 0 Å². The van der Waals surface area contributed by atoms with E-state index in [-0.39, 0.29) is 5.91 Å². The number of methoxy groups -OCH3 is 2. The Morgan fingerprint density at radius 3 is 2.58 bits per heavy atom. The second-order valence-corrected chi connectivity index (χ2v) is 7.43. The number of ether oxygens (including phenoxy) is 2. The zero-order valence-corrected chi connectivity index (χ0v) is 16.9. The molecule has 2 rings (SSSR count). The standard InChI is InChI=1S/C21H34N2O3/c1-6-23(13-17-10-11-19(25-4)20(12-17)26-5)14-21(24)22-18-9-7-8-15(2)16(18)3/h10-12,15-16,18H,6-9,13-14H2,1-5H3,(H,22,24). The molecule has 26 heavy (non-hydrogen) atoms. The smallest absolute Gasteiger partial charge is 0.234 e. The van der Waals surface area contributed by atoms with Crippen molar-refractivity contribution in [1.29, 1.82) is 0 Å². The highest BCUT2D eigenvalue weighted by Gasteiger charge is 2.28. The molecule has 1 aliphatic rings. The van der Waals surface area contributed by atoms with E-state index in [4.69, 9.17) is 9.47 Å². The van der Waals surface area contributed by atoms with Crippen molar-refractivity contribution in [3.05, 3.63) is 23.8 Å². The van der Waals surface area contributed by atoms with E-state index in [1.54, 1.807) is 14.2 Å². The van der Waals surface area contributed by atoms with Crippen LogP contribution in [0.2, 0.25) is 0 Å². The Labute approximate surface area is 158 Å². The second-order valence-electron chi connectivity index (χ2n) is 7.43. The minimum Gasteiger partial charge on any atom is -0.493 e. The summed E-state index contributed by atoms with van der Waals surface area (Å²) < 4.78 is 10.7. The first kappa shape index (κ1) is 20.6. The molecule has 1 saturated carbocycles. The Morgan fingerprint density at radius 2 is 1.92 bits per heavy atom. The van der Waals surface area contributed by atoms with E-state index in [9.17, 15) is 4.79 Å². The number of carbonyl (C=O) groups is 1. The molecule has 1 aromatic carbocycles. The first-order chi connectivity index (χ1) is 12.5. The first-order valence-electron chi connectivity index (χ1n) is 9.71. The van der Waals surface area contributed by atoms with E-state index < -0.39 is 0 Å². The average Bonchev–Trinajstić information content (AvgIpc) is 2.64. The number of nitrogens with one attached hydrogen (secondary N) is 1. The molecule has 3 unspecified atom stereocenters. The predicted octanol–water partition coefficient (Wildman–Crippen LogP) is 3.47. The van der Waals surface area contributed by atoms with E-state index in [0.717, 1.165) is 30.0 Å². The van der Waals surface area contributed by atoms with E-state index in [0.29, 0.717) is 31.0 Å². The van der Waals surface area contributed by atoms with Gasteiger partial charge in [-0.05, 0) is 42.5 Å². The van der Waals surface area contributed by atoms with Crippen LogP contribution in [0.1, 0.15) is 45.6 Å². The molecule has 5 nitrogen and oxygen atoms in total. The molecule has 0 aliphatic heterocycles. The maximum atomic E-state index is 12.5. The number of carbonyl (C=O) groups excluding carboxylic acids is 1. The van der Waals surface area contributed by atoms with Crippen molar-refractivity contribution < 1.29 is 14.3 Å². The topological polar surface area (TPSA) is 50.8 Å². The second kappa shape index (κ2) is 9.81. The third-order valence-electron chi connectivity index (χ3n) is 5.72. The fourth-order valence-electron chi connectivity index (χ4n) is 3.76. The number of rotatable bonds is 8. The molecule has 5 heteroatoms. The lowest BCUT2D eigenvalue weighted by atomic mass is 9.78. The lowest BCUT2D eigenvalue weighted by molar-refractivity contribution is -0.123. The molecule has 0 saturated heterocycles. The number of benzene rings is 1. The van der Waals surface area contributed by atoms with Crippen LogP contribution in [0.15, 0.2) is 18.2 Å². The molecular weight excluding hydrogens is 328 g/mol. The maximum Gasteiger partial charge on any atom is 0.234 e. The Morgan fingerprint density at radius 1 is 1.19 bits per heavy atom. The van der Waals surface area contributed by atoms with E-state index in [1.807, 2.05) is 18.2 Å². The lowest BCUT2D eigenvalue weighted by Gasteiger charge is -2.35. The number of hydrogen-bond donors (Lipinski definition) is 1. The van der Waals surface area contributed by atoms with Crippen molar-refractivity contribution in [2.24, 2.45) is 11.8 Å². The quantitative estimate of drug-likeness (QED) is 0.769. The van der Waals surface area contributed by atoms with Crippen LogP contribution in [-0.4, -0.2) is 44.2 Å². The molecule has 1 amide bonds. The molecule has 0 aromatic heterocycles. The van der Waals surface area contributed by atoms with Crippen molar-refractivity contribution in [2.75, 3.05) is 27.3 Å². The average molecular weight is 363 g/mol. The summed E-state index contributed by atoms with van der Waals surface area (Å²) in [4.78, 5) is 14.7. The number of amides is 1. The summed E-state index contributed by atoms with van der Waals surface area (Å²) in [6, 6.07) is 6.22. The molecule has 1 fully saturated rings. The normalized spacial score (nSPS) is 22.9. The van der Waals surface area contributed by atoms with Crippen LogP contribution in [0.5, 0.6) is 11.5 Å². The molecule has 1 aromatic rings. The third-order valence-corrected chi connectivity index (χ3v) is 5.72. The molecule has 0 radical (unpaired) electrons. The van der Waals surface area contributed by atoms with Gasteiger partial charge in [0.05, 0.1) is 20.8 Å². The molecule has 146 valence electrons. The summed E-state index contributed by atoms with van der Waals surface area (Å²) in [6.07, 6.45) is 3.58. The summed E-state index contributed by atoms with van der Waals surface area (Å²) in [5, 5.41) is 3.27. The molecular formula is C21H34N2O3. The van der Waals surface area contributed by atoms with Crippen molar-refractivity contribution in [2.45, 2.75) is 52.6 Å². The fourth-order valence-corrected chi connectivity index (χ4v) is 3.76. The van der Waals surface area contributed by atoms with Crippen LogP contribution in [0.3, 0.4) is 0 Å². The highest BCUT2D eigenvalue weighted by atomic mass is 16.5. The van der Waals surface area contributed by atoms with Crippen LogP contribution in [0.25, 0.3) is 0 Å². The molecule has 0 heterocycles. The first-order valence-corrected chi connectivity index (χ1v) is 9.71. The Hall–Kier alpha value is -1.75. The van der Waals surface area contributed by atoms with Gasteiger partial charge in [0.25, 0.3) is 0 Å². The monoisotopic (exact) mass is 362 g/mol. The van der Waals surface area contributed by atoms with Gasteiger partial charge in [-0.15, -0.1) is 0 Å². The van der Waals surface area contributed by atoms with Gasteiger partial charge in [-0.3, -0.25) is 9.69 Å². The third kappa shape index (κ3) is 5.37. The van der Waals surface area contributed by atoms with Crippen molar-refractivity contribution in [3.63, 3.8) is 0 Å². The summed E-state index contributed by atoms with van der Waals surface area (Å²) in [6.45, 7) is 8.58. The van der Waals surface area contributed by atoms with Crippen molar-refractivity contribution in [1.82, 2.24) is 10.2 Å². The largest absolute Gasteiger partial charge is 0.493 e. The maximum absolute atomic E-state index is 12.5. The summed E-state index contributed by atoms with van der Waals surface area (Å²) in [7, 11) is 3.27. The zero-order valence-electron chi connectivity index (χ0n) is 16.9. The molecule has 1 N–H and O–H groups in total. The van der Waals surface area contributed by atoms with Crippen molar-refractivity contribution in [3.8, 4) is 11.5 Å². The van der Waals surface area contributed by atoms with E-state index in [2.05, 4.69) is 31.0 Å². The van der Waals surface area contributed by atoms with Gasteiger partial charge in [-0.1, -0.05) is 39.7 Å². The lowest BCUT2D eigenvalue weighted by Crippen LogP contribution is -2.47. The fraction of sp³-hybridized carbons (Fsp3) is 0.667. The van der Waals surface area contributed by atoms with Crippen LogP contribution in [0, 0.1) is 11.8 Å². The highest BCUT2D eigenvalue weighted by Crippen LogP contribution is 2.30. The van der Waals surface area contributed by atoms with E-state index >= 15 is 0 Å². The van der Waals surface area contributed by atoms with Gasteiger partial charge < -0.3 is 14.8 Å². The van der Waals surface area contributed by atoms with Crippen LogP contribution in [0.4, 0.5) is 0 Å². The van der Waals surface area contributed by atoms with E-state index in [1.165, 1.54) is 12.8 Å². The number of nitrogens with zero attached hydrogens (tertiary/aromatic N) is 1. The van der Waals surface area contributed by atoms with Gasteiger partial charge >= 0.3 is 0 Å². The Balaban J connectivity index is 1.93. The number of hydrogen-bond acceptors (Lipinski definition) is 4. The highest BCUT2D eigenvalue weighted by molar-refractivity contribution is 5.78. The van der Waals surface area contributed by atoms with Gasteiger partial charge in [0.1, 0.15) is 0 Å². The molecule has 0 spiro atoms. The predicted molar refractivity (Wildman–Crippen MR) is 105 cm³/mol. The Bertz CT molecular complexity index is 591. The summed E-state index contributed by atoms with van der Waals surface area (Å²) in [5.74, 6) is 2.79. The zero-order chi connectivity index (χ0) is 19.1. The molecule has 0 bridgehead atoms. The van der Waals surface area contributed by atoms with Crippen LogP contribution in [-0.2, 0) is 11.3 Å². The van der Waals surface area contributed by atoms with Gasteiger partial charge in [0.15, 0.2) is 11.5 Å². The van der Waals surface area contributed by atoms with Crippen LogP contribution < -0.4 is 14.8 Å². The van der Waals surface area contributed by atoms with Gasteiger partial charge in [0, 0.05) is 12.6 Å². The molecule has 3 atom stereocenters. The van der Waals surface area contributed by atoms with Gasteiger partial charge in [-0.2, -0.15) is 0 Å². The van der Waals surface area contributed by atoms with Gasteiger partial charge in [0.2, 0.25) is 5.91 Å². The SMILES string of the molecule is CCN(CC(=O)NC1CCCC(C)C1C)Cc1ccc(OC)c(OC)c1. The minimum atomic E-state index is 0.123. The minimum absolute atomic E-state index is 0.123. The van der Waals surface area contributed by atoms with Crippen molar-refractivity contribution >= 4 is 5.91 Å². The molecule has 1 aliphatic carbocycles. The summed E-state index contributed by atoms with van der Waals surface area (Å²) >= 11 is 0. The van der Waals surface area contributed by atoms with Crippen LogP contribution >= 0.6 is 0 Å². The Kier molecular flexibility index (Phi) is 7.76. The number of likely N-dealkylation sites (N-methyl/N-ethyl adjacent to an activating group) is 1. The summed E-state index contributed by atoms with van der Waals surface area (Å²) in [5.41, 5.74) is 1.11.